The van der Waals surface area contributed by atoms with Crippen molar-refractivity contribution in [3.63, 3.8) is 0 Å². The van der Waals surface area contributed by atoms with Gasteiger partial charge >= 0.3 is 0 Å². The van der Waals surface area contributed by atoms with Gasteiger partial charge in [-0.1, -0.05) is 109 Å². The van der Waals surface area contributed by atoms with E-state index in [0.717, 1.165) is 6.42 Å². The van der Waals surface area contributed by atoms with Crippen LogP contribution in [0.25, 0.3) is 23.3 Å². The van der Waals surface area contributed by atoms with Crippen LogP contribution in [0.4, 0.5) is 0 Å². The van der Waals surface area contributed by atoms with Crippen molar-refractivity contribution in [1.82, 2.24) is 0 Å². The predicted octanol–water partition coefficient (Wildman–Crippen LogP) is 8.42. The average molecular weight is 467 g/mol. The average Bonchev–Trinajstić information content (AvgIpc) is 3.53. The third-order valence-corrected chi connectivity index (χ3v) is 7.31. The van der Waals surface area contributed by atoms with E-state index in [2.05, 4.69) is 109 Å². The first-order valence-electron chi connectivity index (χ1n) is 11.2. The molecule has 0 heterocycles. The summed E-state index contributed by atoms with van der Waals surface area (Å²) in [7, 11) is 0. The summed E-state index contributed by atoms with van der Waals surface area (Å²) in [6, 6.07) is 31.4. The standard InChI is InChI=1S/C31H22.2ClH/c1-4-10-23-20(7-1)13-15-26(23)29-18-17-27-25-12-6-3-9-22(25)19-30(27)31(29)28-16-14-21-8-2-5-11-24(21)28;;/h1-18,26,28H,19H2;2*1H. The molecule has 0 aliphatic heterocycles. The Balaban J connectivity index is 0.00000114. The van der Waals surface area contributed by atoms with E-state index in [-0.39, 0.29) is 24.8 Å². The molecule has 3 aliphatic carbocycles. The molecule has 2 unspecified atom stereocenters. The lowest BCUT2D eigenvalue weighted by atomic mass is 9.79. The summed E-state index contributed by atoms with van der Waals surface area (Å²) in [5, 5.41) is 0. The fourth-order valence-corrected chi connectivity index (χ4v) is 5.91. The van der Waals surface area contributed by atoms with Crippen molar-refractivity contribution in [2.45, 2.75) is 18.3 Å². The minimum atomic E-state index is 0. The van der Waals surface area contributed by atoms with Crippen molar-refractivity contribution in [1.29, 1.82) is 0 Å². The van der Waals surface area contributed by atoms with Crippen LogP contribution in [0.15, 0.2) is 97.1 Å². The molecule has 3 aliphatic rings. The summed E-state index contributed by atoms with van der Waals surface area (Å²) in [5.74, 6) is 0.637. The van der Waals surface area contributed by atoms with Gasteiger partial charge in [-0.3, -0.25) is 0 Å². The van der Waals surface area contributed by atoms with Crippen LogP contribution >= 0.6 is 24.8 Å². The van der Waals surface area contributed by atoms with Crippen molar-refractivity contribution >= 4 is 37.0 Å². The zero-order valence-corrected chi connectivity index (χ0v) is 19.7. The Hall–Kier alpha value is -3.06. The summed E-state index contributed by atoms with van der Waals surface area (Å²) >= 11 is 0. The van der Waals surface area contributed by atoms with Gasteiger partial charge in [-0.25, -0.2) is 0 Å². The summed E-state index contributed by atoms with van der Waals surface area (Å²) < 4.78 is 0. The molecule has 33 heavy (non-hydrogen) atoms. The first-order chi connectivity index (χ1) is 15.4. The van der Waals surface area contributed by atoms with E-state index in [1.54, 1.807) is 0 Å². The van der Waals surface area contributed by atoms with Crippen molar-refractivity contribution in [3.05, 3.63) is 142 Å². The second-order valence-electron chi connectivity index (χ2n) is 8.86. The molecule has 0 saturated carbocycles. The van der Waals surface area contributed by atoms with Crippen molar-refractivity contribution in [3.8, 4) is 11.1 Å². The number of hydrogen-bond donors (Lipinski definition) is 0. The molecular formula is C31H24Cl2. The largest absolute Gasteiger partial charge is 0.147 e. The van der Waals surface area contributed by atoms with Gasteiger partial charge in [-0.15, -0.1) is 24.8 Å². The normalized spacial score (nSPS) is 18.1. The Kier molecular flexibility index (Phi) is 5.52. The zero-order valence-electron chi connectivity index (χ0n) is 18.1. The molecule has 0 amide bonds. The highest BCUT2D eigenvalue weighted by atomic mass is 35.5. The molecule has 0 saturated heterocycles. The molecule has 0 bridgehead atoms. The molecule has 4 aromatic rings. The highest BCUT2D eigenvalue weighted by Gasteiger charge is 2.32. The minimum Gasteiger partial charge on any atom is -0.147 e. The van der Waals surface area contributed by atoms with E-state index in [1.165, 1.54) is 55.6 Å². The summed E-state index contributed by atoms with van der Waals surface area (Å²) in [6.07, 6.45) is 10.4. The van der Waals surface area contributed by atoms with Crippen LogP contribution in [-0.4, -0.2) is 0 Å². The molecular weight excluding hydrogens is 443 g/mol. The van der Waals surface area contributed by atoms with Crippen molar-refractivity contribution in [2.24, 2.45) is 0 Å². The van der Waals surface area contributed by atoms with Gasteiger partial charge in [0.05, 0.1) is 0 Å². The second-order valence-corrected chi connectivity index (χ2v) is 8.86. The molecule has 0 N–H and O–H groups in total. The van der Waals surface area contributed by atoms with Crippen LogP contribution in [0.2, 0.25) is 0 Å². The molecule has 0 spiro atoms. The highest BCUT2D eigenvalue weighted by molar-refractivity contribution is 5.85. The number of benzene rings is 4. The van der Waals surface area contributed by atoms with Gasteiger partial charge < -0.3 is 0 Å². The lowest BCUT2D eigenvalue weighted by molar-refractivity contribution is 0.936. The van der Waals surface area contributed by atoms with Gasteiger partial charge in [-0.2, -0.15) is 0 Å². The van der Waals surface area contributed by atoms with Gasteiger partial charge in [0.1, 0.15) is 0 Å². The Labute approximate surface area is 207 Å². The molecule has 2 heteroatoms. The SMILES string of the molecule is C1=CC(c2ccc3c(c2C2C=Cc4ccccc42)Cc2ccccc2-3)c2ccccc21.Cl.Cl. The van der Waals surface area contributed by atoms with E-state index >= 15 is 0 Å². The quantitative estimate of drug-likeness (QED) is 0.244. The lowest BCUT2D eigenvalue weighted by Gasteiger charge is -2.24. The van der Waals surface area contributed by atoms with Crippen molar-refractivity contribution in [2.75, 3.05) is 0 Å². The van der Waals surface area contributed by atoms with Crippen LogP contribution in [0.5, 0.6) is 0 Å². The van der Waals surface area contributed by atoms with E-state index in [1.807, 2.05) is 0 Å². The van der Waals surface area contributed by atoms with Gasteiger partial charge in [0.25, 0.3) is 0 Å². The lowest BCUT2D eigenvalue weighted by Crippen LogP contribution is -2.09. The first-order valence-corrected chi connectivity index (χ1v) is 11.2. The maximum Gasteiger partial charge on any atom is 0.0284 e. The molecule has 7 rings (SSSR count). The Morgan fingerprint density at radius 2 is 1.12 bits per heavy atom. The Morgan fingerprint density at radius 1 is 0.515 bits per heavy atom. The van der Waals surface area contributed by atoms with Gasteiger partial charge in [-0.05, 0) is 62.1 Å². The van der Waals surface area contributed by atoms with Crippen LogP contribution < -0.4 is 0 Å². The Bertz CT molecular complexity index is 1430. The van der Waals surface area contributed by atoms with E-state index in [0.29, 0.717) is 11.8 Å². The van der Waals surface area contributed by atoms with Crippen molar-refractivity contribution < 1.29 is 0 Å². The number of halogens is 2. The fraction of sp³-hybridized carbons (Fsp3) is 0.0968. The van der Waals surface area contributed by atoms with Gasteiger partial charge in [0.2, 0.25) is 0 Å². The van der Waals surface area contributed by atoms with Crippen LogP contribution in [0, 0.1) is 0 Å². The first kappa shape index (κ1) is 21.8. The number of hydrogen-bond acceptors (Lipinski definition) is 0. The summed E-state index contributed by atoms with van der Waals surface area (Å²) in [4.78, 5) is 0. The third-order valence-electron chi connectivity index (χ3n) is 7.31. The predicted molar refractivity (Wildman–Crippen MR) is 144 cm³/mol. The molecule has 2 atom stereocenters. The van der Waals surface area contributed by atoms with Crippen LogP contribution in [0.1, 0.15) is 56.3 Å². The van der Waals surface area contributed by atoms with E-state index in [4.69, 9.17) is 0 Å². The third kappa shape index (κ3) is 3.21. The van der Waals surface area contributed by atoms with Gasteiger partial charge in [0.15, 0.2) is 0 Å². The Morgan fingerprint density at radius 3 is 1.88 bits per heavy atom. The zero-order chi connectivity index (χ0) is 20.4. The van der Waals surface area contributed by atoms with E-state index in [9.17, 15) is 0 Å². The molecule has 162 valence electrons. The number of allylic oxidation sites excluding steroid dienone is 2. The maximum absolute atomic E-state index is 2.41. The summed E-state index contributed by atoms with van der Waals surface area (Å²) in [5.41, 5.74) is 14.3. The molecule has 0 aromatic heterocycles. The summed E-state index contributed by atoms with van der Waals surface area (Å²) in [6.45, 7) is 0. The topological polar surface area (TPSA) is 0 Å². The molecule has 0 fully saturated rings. The van der Waals surface area contributed by atoms with E-state index < -0.39 is 0 Å². The second kappa shape index (κ2) is 8.37. The smallest absolute Gasteiger partial charge is 0.0284 e. The van der Waals surface area contributed by atoms with Crippen LogP contribution in [-0.2, 0) is 6.42 Å². The maximum atomic E-state index is 2.41. The van der Waals surface area contributed by atoms with Crippen LogP contribution in [0.3, 0.4) is 0 Å². The molecule has 0 nitrogen and oxygen atoms in total. The molecule has 0 radical (unpaired) electrons. The monoisotopic (exact) mass is 466 g/mol. The molecule has 4 aromatic carbocycles. The number of fused-ring (bicyclic) bond motifs is 5. The fourth-order valence-electron chi connectivity index (χ4n) is 5.91. The van der Waals surface area contributed by atoms with Gasteiger partial charge in [0, 0.05) is 11.8 Å². The minimum absolute atomic E-state index is 0. The number of rotatable bonds is 2. The highest BCUT2D eigenvalue weighted by Crippen LogP contribution is 2.49.